The average Bonchev–Trinajstić information content (AvgIpc) is 3.26. The fraction of sp³-hybridized carbons (Fsp3) is 0.231. The first-order valence-corrected chi connectivity index (χ1v) is 12.2. The Morgan fingerprint density at radius 3 is 2.62 bits per heavy atom. The normalized spacial score (nSPS) is 16.3. The average molecular weight is 498 g/mol. The lowest BCUT2D eigenvalue weighted by molar-refractivity contribution is -0.122. The van der Waals surface area contributed by atoms with Gasteiger partial charge in [-0.05, 0) is 80.6 Å². The number of halogens is 2. The number of aryl methyl sites for hydroxylation is 1. The van der Waals surface area contributed by atoms with Crippen LogP contribution >= 0.6 is 23.4 Å². The maximum absolute atomic E-state index is 13.7. The Hall–Kier alpha value is -2.87. The molecule has 5 nitrogen and oxygen atoms in total. The van der Waals surface area contributed by atoms with Crippen LogP contribution in [0.3, 0.4) is 0 Å². The molecule has 0 bridgehead atoms. The second-order valence-electron chi connectivity index (χ2n) is 7.75. The van der Waals surface area contributed by atoms with Crippen LogP contribution in [0, 0.1) is 19.7 Å². The molecule has 1 amide bonds. The van der Waals surface area contributed by atoms with Crippen LogP contribution in [0.5, 0.6) is 0 Å². The van der Waals surface area contributed by atoms with Gasteiger partial charge in [0.2, 0.25) is 0 Å². The molecule has 2 heterocycles. The summed E-state index contributed by atoms with van der Waals surface area (Å²) >= 11 is 7.36. The van der Waals surface area contributed by atoms with E-state index < -0.39 is 5.82 Å². The Morgan fingerprint density at radius 2 is 1.91 bits per heavy atom. The predicted molar refractivity (Wildman–Crippen MR) is 138 cm³/mol. The van der Waals surface area contributed by atoms with E-state index in [1.54, 1.807) is 17.0 Å². The van der Waals surface area contributed by atoms with Gasteiger partial charge in [-0.2, -0.15) is 0 Å². The second kappa shape index (κ2) is 10.6. The van der Waals surface area contributed by atoms with E-state index >= 15 is 0 Å². The van der Waals surface area contributed by atoms with Crippen molar-refractivity contribution in [3.8, 4) is 5.69 Å². The molecule has 2 aromatic carbocycles. The van der Waals surface area contributed by atoms with Crippen LogP contribution in [0.25, 0.3) is 11.8 Å². The number of nitrogens with zero attached hydrogens (tertiary/aromatic N) is 3. The Bertz CT molecular complexity index is 1270. The lowest BCUT2D eigenvalue weighted by Gasteiger charge is -2.15. The number of hydrogen-bond donors (Lipinski definition) is 0. The smallest absolute Gasteiger partial charge is 0.266 e. The van der Waals surface area contributed by atoms with E-state index in [9.17, 15) is 9.18 Å². The number of amides is 1. The molecular weight excluding hydrogens is 473 g/mol. The minimum Gasteiger partial charge on any atom is -0.380 e. The molecule has 1 aliphatic rings. The van der Waals surface area contributed by atoms with Crippen LogP contribution in [-0.2, 0) is 9.53 Å². The Kier molecular flexibility index (Phi) is 7.56. The number of aromatic nitrogens is 1. The molecule has 0 atom stereocenters. The van der Waals surface area contributed by atoms with Crippen molar-refractivity contribution in [3.63, 3.8) is 0 Å². The quantitative estimate of drug-likeness (QED) is 0.275. The summed E-state index contributed by atoms with van der Waals surface area (Å²) in [7, 11) is 0. The largest absolute Gasteiger partial charge is 0.380 e. The van der Waals surface area contributed by atoms with Crippen molar-refractivity contribution in [2.45, 2.75) is 20.8 Å². The summed E-state index contributed by atoms with van der Waals surface area (Å²) in [5.41, 5.74) is 4.33. The van der Waals surface area contributed by atoms with Crippen molar-refractivity contribution < 1.29 is 13.9 Å². The van der Waals surface area contributed by atoms with Crippen molar-refractivity contribution in [2.75, 3.05) is 19.8 Å². The van der Waals surface area contributed by atoms with Crippen LogP contribution in [0.1, 0.15) is 23.9 Å². The highest BCUT2D eigenvalue weighted by Gasteiger charge is 2.33. The molecule has 0 N–H and O–H groups in total. The first-order chi connectivity index (χ1) is 16.4. The summed E-state index contributed by atoms with van der Waals surface area (Å²) in [6.45, 7) is 7.30. The third-order valence-corrected chi connectivity index (χ3v) is 6.75. The highest BCUT2D eigenvalue weighted by atomic mass is 35.5. The maximum Gasteiger partial charge on any atom is 0.266 e. The van der Waals surface area contributed by atoms with Gasteiger partial charge in [0.15, 0.2) is 5.17 Å². The van der Waals surface area contributed by atoms with E-state index in [4.69, 9.17) is 21.3 Å². The van der Waals surface area contributed by atoms with Crippen molar-refractivity contribution in [3.05, 3.63) is 87.3 Å². The van der Waals surface area contributed by atoms with Gasteiger partial charge in [-0.25, -0.2) is 9.38 Å². The molecule has 0 saturated carbocycles. The van der Waals surface area contributed by atoms with E-state index in [1.165, 1.54) is 17.8 Å². The molecule has 0 radical (unpaired) electrons. The number of aliphatic imine (C=N–C) groups is 1. The second-order valence-corrected chi connectivity index (χ2v) is 9.17. The molecule has 176 valence electrons. The van der Waals surface area contributed by atoms with Crippen LogP contribution in [0.4, 0.5) is 10.1 Å². The number of amidine groups is 1. The monoisotopic (exact) mass is 497 g/mol. The molecule has 0 unspecified atom stereocenters. The summed E-state index contributed by atoms with van der Waals surface area (Å²) in [6.07, 6.45) is 1.89. The zero-order valence-corrected chi connectivity index (χ0v) is 20.8. The van der Waals surface area contributed by atoms with Gasteiger partial charge in [0.1, 0.15) is 5.82 Å². The van der Waals surface area contributed by atoms with Gasteiger partial charge in [0.05, 0.1) is 28.8 Å². The number of benzene rings is 2. The molecule has 8 heteroatoms. The fourth-order valence-electron chi connectivity index (χ4n) is 3.80. The predicted octanol–water partition coefficient (Wildman–Crippen LogP) is 6.53. The van der Waals surface area contributed by atoms with Crippen LogP contribution < -0.4 is 0 Å². The van der Waals surface area contributed by atoms with Gasteiger partial charge in [0.25, 0.3) is 5.91 Å². The fourth-order valence-corrected chi connectivity index (χ4v) is 4.99. The standard InChI is InChI=1S/C26H25ClFN3O2S/c1-4-33-13-12-30-25(32)24(34-26(30)29-20-8-6-5-7-9-20)15-19-14-17(2)31(18(19)3)21-10-11-23(28)22(27)16-21/h5-11,14-16H,4,12-13H2,1-3H3/b24-15-,29-26?. The number of carbonyl (C=O) groups is 1. The van der Waals surface area contributed by atoms with Crippen LogP contribution in [0.15, 0.2) is 64.5 Å². The highest BCUT2D eigenvalue weighted by Crippen LogP contribution is 2.35. The van der Waals surface area contributed by atoms with Crippen molar-refractivity contribution in [2.24, 2.45) is 4.99 Å². The molecule has 3 aromatic rings. The highest BCUT2D eigenvalue weighted by molar-refractivity contribution is 8.18. The maximum atomic E-state index is 13.7. The lowest BCUT2D eigenvalue weighted by atomic mass is 10.2. The van der Waals surface area contributed by atoms with E-state index in [-0.39, 0.29) is 10.9 Å². The summed E-state index contributed by atoms with van der Waals surface area (Å²) in [5, 5.41) is 0.694. The van der Waals surface area contributed by atoms with E-state index in [0.717, 1.165) is 28.3 Å². The number of ether oxygens (including phenoxy) is 1. The first-order valence-electron chi connectivity index (χ1n) is 11.0. The number of carbonyl (C=O) groups excluding carboxylic acids is 1. The Morgan fingerprint density at radius 1 is 1.15 bits per heavy atom. The minimum atomic E-state index is -0.458. The molecule has 34 heavy (non-hydrogen) atoms. The van der Waals surface area contributed by atoms with E-state index in [2.05, 4.69) is 0 Å². The van der Waals surface area contributed by atoms with Gasteiger partial charge >= 0.3 is 0 Å². The molecular formula is C26H25ClFN3O2S. The lowest BCUT2D eigenvalue weighted by Crippen LogP contribution is -2.32. The SMILES string of the molecule is CCOCCN1C(=O)/C(=C/c2cc(C)n(-c3ccc(F)c(Cl)c3)c2C)SC1=Nc1ccccc1. The van der Waals surface area contributed by atoms with Crippen LogP contribution in [-0.4, -0.2) is 40.3 Å². The molecule has 1 aromatic heterocycles. The van der Waals surface area contributed by atoms with Gasteiger partial charge in [-0.1, -0.05) is 29.8 Å². The summed E-state index contributed by atoms with van der Waals surface area (Å²) < 4.78 is 21.1. The zero-order valence-electron chi connectivity index (χ0n) is 19.2. The minimum absolute atomic E-state index is 0.0677. The van der Waals surface area contributed by atoms with Gasteiger partial charge in [-0.15, -0.1) is 0 Å². The molecule has 1 fully saturated rings. The molecule has 0 spiro atoms. The van der Waals surface area contributed by atoms with Gasteiger partial charge < -0.3 is 9.30 Å². The van der Waals surface area contributed by atoms with E-state index in [1.807, 2.05) is 67.8 Å². The van der Waals surface area contributed by atoms with Crippen molar-refractivity contribution >= 4 is 46.2 Å². The number of hydrogen-bond acceptors (Lipinski definition) is 4. The topological polar surface area (TPSA) is 46.8 Å². The molecule has 4 rings (SSSR count). The third kappa shape index (κ3) is 5.12. The molecule has 1 saturated heterocycles. The summed E-state index contributed by atoms with van der Waals surface area (Å²) in [4.78, 5) is 20.2. The van der Waals surface area contributed by atoms with E-state index in [0.29, 0.717) is 29.8 Å². The Labute approximate surface area is 207 Å². The number of thioether (sulfide) groups is 1. The van der Waals surface area contributed by atoms with Crippen LogP contribution in [0.2, 0.25) is 5.02 Å². The number of para-hydroxylation sites is 1. The first kappa shape index (κ1) is 24.3. The zero-order chi connectivity index (χ0) is 24.2. The molecule has 0 aliphatic carbocycles. The summed E-state index contributed by atoms with van der Waals surface area (Å²) in [5.74, 6) is -0.561. The Balaban J connectivity index is 1.69. The number of rotatable bonds is 7. The summed E-state index contributed by atoms with van der Waals surface area (Å²) in [6, 6.07) is 16.2. The van der Waals surface area contributed by atoms with Gasteiger partial charge in [0, 0.05) is 23.7 Å². The van der Waals surface area contributed by atoms with Crippen molar-refractivity contribution in [1.82, 2.24) is 9.47 Å². The third-order valence-electron chi connectivity index (χ3n) is 5.45. The van der Waals surface area contributed by atoms with Gasteiger partial charge in [-0.3, -0.25) is 9.69 Å². The van der Waals surface area contributed by atoms with Crippen molar-refractivity contribution in [1.29, 1.82) is 0 Å². The molecule has 1 aliphatic heterocycles.